The molecule has 0 radical (unpaired) electrons. The first-order valence-corrected chi connectivity index (χ1v) is 9.99. The standard InChI is InChI=1S/C24H23F2N3O4/c1-5-15-7-6-8-18(13-15)33-23-19(20(21(25)26)28-29(23)3)22(30)27-14(2)16-9-11-17(12-10-16)24(31)32-4/h5-14,21H,1H2,2-4H3,(H,27,30)/t14-/m0/s1. The molecule has 0 aliphatic carbocycles. The molecule has 0 spiro atoms. The van der Waals surface area contributed by atoms with Crippen molar-refractivity contribution >= 4 is 18.0 Å². The van der Waals surface area contributed by atoms with Gasteiger partial charge < -0.3 is 14.8 Å². The molecule has 0 saturated carbocycles. The lowest BCUT2D eigenvalue weighted by Gasteiger charge is -2.16. The lowest BCUT2D eigenvalue weighted by Crippen LogP contribution is -2.27. The van der Waals surface area contributed by atoms with Gasteiger partial charge in [-0.2, -0.15) is 5.10 Å². The van der Waals surface area contributed by atoms with Crippen LogP contribution in [0.25, 0.3) is 6.08 Å². The second-order valence-electron chi connectivity index (χ2n) is 7.18. The van der Waals surface area contributed by atoms with Crippen LogP contribution < -0.4 is 10.1 Å². The summed E-state index contributed by atoms with van der Waals surface area (Å²) < 4.78 is 38.9. The number of aryl methyl sites for hydroxylation is 1. The highest BCUT2D eigenvalue weighted by molar-refractivity contribution is 5.98. The highest BCUT2D eigenvalue weighted by Gasteiger charge is 2.30. The summed E-state index contributed by atoms with van der Waals surface area (Å²) in [6.45, 7) is 5.38. The van der Waals surface area contributed by atoms with Gasteiger partial charge in [0.25, 0.3) is 12.3 Å². The van der Waals surface area contributed by atoms with Gasteiger partial charge in [0.2, 0.25) is 5.88 Å². The fourth-order valence-corrected chi connectivity index (χ4v) is 3.21. The lowest BCUT2D eigenvalue weighted by atomic mass is 10.1. The zero-order valence-corrected chi connectivity index (χ0v) is 18.3. The first-order chi connectivity index (χ1) is 15.7. The third-order valence-corrected chi connectivity index (χ3v) is 4.94. The molecule has 33 heavy (non-hydrogen) atoms. The van der Waals surface area contributed by atoms with Gasteiger partial charge in [-0.05, 0) is 42.3 Å². The van der Waals surface area contributed by atoms with Crippen molar-refractivity contribution in [2.24, 2.45) is 7.05 Å². The minimum absolute atomic E-state index is 0.114. The van der Waals surface area contributed by atoms with Crippen LogP contribution in [-0.2, 0) is 11.8 Å². The van der Waals surface area contributed by atoms with E-state index in [2.05, 4.69) is 21.7 Å². The van der Waals surface area contributed by atoms with Gasteiger partial charge in [-0.3, -0.25) is 4.79 Å². The monoisotopic (exact) mass is 455 g/mol. The number of amides is 1. The predicted molar refractivity (Wildman–Crippen MR) is 118 cm³/mol. The Morgan fingerprint density at radius 3 is 2.48 bits per heavy atom. The molecule has 3 aromatic rings. The number of carbonyl (C=O) groups excluding carboxylic acids is 2. The molecule has 1 aromatic heterocycles. The fourth-order valence-electron chi connectivity index (χ4n) is 3.21. The van der Waals surface area contributed by atoms with Crippen LogP contribution in [0.2, 0.25) is 0 Å². The van der Waals surface area contributed by atoms with Crippen LogP contribution in [0.15, 0.2) is 55.1 Å². The highest BCUT2D eigenvalue weighted by Crippen LogP contribution is 2.33. The topological polar surface area (TPSA) is 82.4 Å². The van der Waals surface area contributed by atoms with Gasteiger partial charge >= 0.3 is 5.97 Å². The van der Waals surface area contributed by atoms with Crippen LogP contribution in [0.4, 0.5) is 8.78 Å². The van der Waals surface area contributed by atoms with Crippen molar-refractivity contribution in [1.82, 2.24) is 15.1 Å². The lowest BCUT2D eigenvalue weighted by molar-refractivity contribution is 0.0600. The quantitative estimate of drug-likeness (QED) is 0.480. The third kappa shape index (κ3) is 5.25. The van der Waals surface area contributed by atoms with Gasteiger partial charge in [-0.15, -0.1) is 0 Å². The van der Waals surface area contributed by atoms with E-state index in [-0.39, 0.29) is 11.4 Å². The van der Waals surface area contributed by atoms with E-state index in [4.69, 9.17) is 4.74 Å². The number of aromatic nitrogens is 2. The Morgan fingerprint density at radius 1 is 1.18 bits per heavy atom. The number of alkyl halides is 2. The van der Waals surface area contributed by atoms with E-state index < -0.39 is 30.0 Å². The number of esters is 1. The molecule has 0 bridgehead atoms. The number of carbonyl (C=O) groups is 2. The van der Waals surface area contributed by atoms with Gasteiger partial charge in [0.15, 0.2) is 0 Å². The normalized spacial score (nSPS) is 11.7. The molecule has 0 aliphatic rings. The molecule has 1 amide bonds. The summed E-state index contributed by atoms with van der Waals surface area (Å²) in [7, 11) is 2.70. The molecule has 0 unspecified atom stereocenters. The zero-order chi connectivity index (χ0) is 24.1. The summed E-state index contributed by atoms with van der Waals surface area (Å²) in [5.74, 6) is -1.02. The van der Waals surface area contributed by atoms with Crippen molar-refractivity contribution in [2.75, 3.05) is 7.11 Å². The minimum atomic E-state index is -2.98. The number of nitrogens with zero attached hydrogens (tertiary/aromatic N) is 2. The highest BCUT2D eigenvalue weighted by atomic mass is 19.3. The number of hydrogen-bond donors (Lipinski definition) is 1. The summed E-state index contributed by atoms with van der Waals surface area (Å²) in [6, 6.07) is 12.7. The molecule has 1 heterocycles. The minimum Gasteiger partial charge on any atom is -0.465 e. The summed E-state index contributed by atoms with van der Waals surface area (Å²) in [4.78, 5) is 24.7. The van der Waals surface area contributed by atoms with Crippen molar-refractivity contribution in [3.05, 3.63) is 83.1 Å². The van der Waals surface area contributed by atoms with Gasteiger partial charge in [0, 0.05) is 7.05 Å². The van der Waals surface area contributed by atoms with Crippen LogP contribution in [0, 0.1) is 0 Å². The first kappa shape index (κ1) is 23.6. The average molecular weight is 455 g/mol. The Hall–Kier alpha value is -4.01. The van der Waals surface area contributed by atoms with Gasteiger partial charge in [-0.25, -0.2) is 18.3 Å². The fraction of sp³-hybridized carbons (Fsp3) is 0.208. The molecule has 0 fully saturated rings. The molecule has 7 nitrogen and oxygen atoms in total. The number of nitrogens with one attached hydrogen (secondary N) is 1. The van der Waals surface area contributed by atoms with E-state index >= 15 is 0 Å². The van der Waals surface area contributed by atoms with Crippen molar-refractivity contribution in [3.63, 3.8) is 0 Å². The summed E-state index contributed by atoms with van der Waals surface area (Å²) in [5, 5.41) is 6.49. The van der Waals surface area contributed by atoms with Gasteiger partial charge in [0.1, 0.15) is 17.0 Å². The maximum atomic E-state index is 13.7. The molecule has 3 rings (SSSR count). The van der Waals surface area contributed by atoms with Crippen molar-refractivity contribution in [3.8, 4) is 11.6 Å². The number of ether oxygens (including phenoxy) is 2. The summed E-state index contributed by atoms with van der Waals surface area (Å²) in [5.41, 5.74) is 0.746. The van der Waals surface area contributed by atoms with Crippen LogP contribution in [-0.4, -0.2) is 28.8 Å². The Bertz CT molecular complexity index is 1170. The molecule has 0 saturated heterocycles. The largest absolute Gasteiger partial charge is 0.465 e. The van der Waals surface area contributed by atoms with E-state index in [0.29, 0.717) is 16.9 Å². The Balaban J connectivity index is 1.89. The molecule has 1 N–H and O–H groups in total. The van der Waals surface area contributed by atoms with Crippen molar-refractivity contribution < 1.29 is 27.8 Å². The molecular weight excluding hydrogens is 432 g/mol. The Morgan fingerprint density at radius 2 is 1.88 bits per heavy atom. The van der Waals surface area contributed by atoms with Crippen molar-refractivity contribution in [2.45, 2.75) is 19.4 Å². The number of benzene rings is 2. The molecule has 1 atom stereocenters. The summed E-state index contributed by atoms with van der Waals surface area (Å²) >= 11 is 0. The molecular formula is C24H23F2N3O4. The average Bonchev–Trinajstić information content (AvgIpc) is 3.15. The maximum absolute atomic E-state index is 13.7. The van der Waals surface area contributed by atoms with Gasteiger partial charge in [0.05, 0.1) is 18.7 Å². The Labute approximate surface area is 189 Å². The SMILES string of the molecule is C=Cc1cccc(Oc2c(C(=O)N[C@@H](C)c3ccc(C(=O)OC)cc3)c(C(F)F)nn2C)c1. The Kier molecular flexibility index (Phi) is 7.22. The second-order valence-corrected chi connectivity index (χ2v) is 7.18. The van der Waals surface area contributed by atoms with E-state index in [1.54, 1.807) is 61.5 Å². The number of methoxy groups -OCH3 is 1. The maximum Gasteiger partial charge on any atom is 0.337 e. The smallest absolute Gasteiger partial charge is 0.337 e. The third-order valence-electron chi connectivity index (χ3n) is 4.94. The van der Waals surface area contributed by atoms with Gasteiger partial charge in [-0.1, -0.05) is 36.9 Å². The van der Waals surface area contributed by atoms with Crippen LogP contribution in [0.1, 0.15) is 56.9 Å². The molecule has 9 heteroatoms. The van der Waals surface area contributed by atoms with E-state index in [9.17, 15) is 18.4 Å². The van der Waals surface area contributed by atoms with Crippen LogP contribution in [0.3, 0.4) is 0 Å². The summed E-state index contributed by atoms with van der Waals surface area (Å²) in [6.07, 6.45) is -1.37. The van der Waals surface area contributed by atoms with Crippen molar-refractivity contribution in [1.29, 1.82) is 0 Å². The second kappa shape index (κ2) is 10.1. The number of hydrogen-bond acceptors (Lipinski definition) is 5. The molecule has 172 valence electrons. The molecule has 0 aliphatic heterocycles. The van der Waals surface area contributed by atoms with E-state index in [1.165, 1.54) is 14.2 Å². The predicted octanol–water partition coefficient (Wildman–Crippen LogP) is 5.07. The number of halogens is 2. The first-order valence-electron chi connectivity index (χ1n) is 9.99. The number of rotatable bonds is 8. The van der Waals surface area contributed by atoms with E-state index in [0.717, 1.165) is 10.2 Å². The zero-order valence-electron chi connectivity index (χ0n) is 18.3. The van der Waals surface area contributed by atoms with Crippen LogP contribution >= 0.6 is 0 Å². The molecule has 2 aromatic carbocycles. The van der Waals surface area contributed by atoms with Crippen LogP contribution in [0.5, 0.6) is 11.6 Å². The van der Waals surface area contributed by atoms with E-state index in [1.807, 2.05) is 0 Å².